The number of aromatic nitrogens is 1. The van der Waals surface area contributed by atoms with Crippen LogP contribution in [0.4, 0.5) is 0 Å². The summed E-state index contributed by atoms with van der Waals surface area (Å²) in [5.74, 6) is 0. The van der Waals surface area contributed by atoms with Gasteiger partial charge in [0.1, 0.15) is 0 Å². The van der Waals surface area contributed by atoms with Crippen molar-refractivity contribution in [1.82, 2.24) is 10.3 Å². The molecular weight excluding hydrogens is 176 g/mol. The molecule has 3 nitrogen and oxygen atoms in total. The van der Waals surface area contributed by atoms with Gasteiger partial charge in [0.15, 0.2) is 0 Å². The van der Waals surface area contributed by atoms with Crippen LogP contribution in [0, 0.1) is 0 Å². The first-order valence-corrected chi connectivity index (χ1v) is 4.76. The molecule has 3 heteroatoms. The summed E-state index contributed by atoms with van der Waals surface area (Å²) in [4.78, 5) is 4.23. The van der Waals surface area contributed by atoms with E-state index in [2.05, 4.69) is 16.9 Å². The molecule has 0 unspecified atom stereocenters. The molecule has 1 aromatic rings. The molecule has 14 heavy (non-hydrogen) atoms. The Kier molecular flexibility index (Phi) is 5.43. The van der Waals surface area contributed by atoms with Gasteiger partial charge in [0.25, 0.3) is 0 Å². The third kappa shape index (κ3) is 4.62. The predicted octanol–water partition coefficient (Wildman–Crippen LogP) is 1.37. The van der Waals surface area contributed by atoms with Gasteiger partial charge in [-0.15, -0.1) is 0 Å². The third-order valence-electron chi connectivity index (χ3n) is 1.80. The van der Waals surface area contributed by atoms with Gasteiger partial charge in [-0.25, -0.2) is 0 Å². The van der Waals surface area contributed by atoms with Crippen LogP contribution >= 0.6 is 0 Å². The van der Waals surface area contributed by atoms with Crippen LogP contribution in [-0.2, 0) is 11.2 Å². The lowest BCUT2D eigenvalue weighted by atomic mass is 10.3. The van der Waals surface area contributed by atoms with E-state index in [9.17, 15) is 0 Å². The van der Waals surface area contributed by atoms with E-state index in [4.69, 9.17) is 4.74 Å². The lowest BCUT2D eigenvalue weighted by molar-refractivity contribution is 0.250. The van der Waals surface area contributed by atoms with Crippen molar-refractivity contribution in [2.45, 2.75) is 6.42 Å². The smallest absolute Gasteiger partial charge is 0.0997 e. The maximum Gasteiger partial charge on any atom is 0.0997 e. The third-order valence-corrected chi connectivity index (χ3v) is 1.80. The lowest BCUT2D eigenvalue weighted by Crippen LogP contribution is -2.21. The topological polar surface area (TPSA) is 34.1 Å². The maximum atomic E-state index is 4.97. The minimum absolute atomic E-state index is 0.672. The molecule has 0 bridgehead atoms. The second-order valence-corrected chi connectivity index (χ2v) is 2.86. The van der Waals surface area contributed by atoms with Crippen molar-refractivity contribution in [1.29, 1.82) is 0 Å². The normalized spacial score (nSPS) is 9.71. The Morgan fingerprint density at radius 1 is 1.43 bits per heavy atom. The van der Waals surface area contributed by atoms with Crippen molar-refractivity contribution in [3.05, 3.63) is 42.9 Å². The van der Waals surface area contributed by atoms with E-state index in [1.165, 1.54) is 6.26 Å². The summed E-state index contributed by atoms with van der Waals surface area (Å²) >= 11 is 0. The van der Waals surface area contributed by atoms with Crippen LogP contribution < -0.4 is 5.32 Å². The molecule has 1 rings (SSSR count). The van der Waals surface area contributed by atoms with Crippen molar-refractivity contribution >= 4 is 0 Å². The summed E-state index contributed by atoms with van der Waals surface area (Å²) in [5.41, 5.74) is 1.12. The Morgan fingerprint density at radius 2 is 2.36 bits per heavy atom. The Bertz CT molecular complexity index is 249. The summed E-state index contributed by atoms with van der Waals surface area (Å²) in [7, 11) is 0. The average Bonchev–Trinajstić information content (AvgIpc) is 2.25. The number of nitrogens with zero attached hydrogens (tertiary/aromatic N) is 1. The minimum Gasteiger partial charge on any atom is -0.500 e. The van der Waals surface area contributed by atoms with Gasteiger partial charge in [-0.2, -0.15) is 0 Å². The Morgan fingerprint density at radius 3 is 3.07 bits per heavy atom. The number of nitrogens with one attached hydrogen (secondary N) is 1. The van der Waals surface area contributed by atoms with E-state index in [0.29, 0.717) is 6.61 Å². The number of hydrogen-bond donors (Lipinski definition) is 1. The first-order valence-electron chi connectivity index (χ1n) is 4.76. The number of pyridine rings is 1. The van der Waals surface area contributed by atoms with Crippen LogP contribution in [0.25, 0.3) is 0 Å². The van der Waals surface area contributed by atoms with Gasteiger partial charge < -0.3 is 10.1 Å². The monoisotopic (exact) mass is 192 g/mol. The summed E-state index contributed by atoms with van der Waals surface area (Å²) in [6, 6.07) is 5.96. The second-order valence-electron chi connectivity index (χ2n) is 2.86. The molecule has 76 valence electrons. The fourth-order valence-electron chi connectivity index (χ4n) is 1.10. The molecule has 1 aromatic heterocycles. The van der Waals surface area contributed by atoms with Gasteiger partial charge in [-0.05, 0) is 12.1 Å². The lowest BCUT2D eigenvalue weighted by Gasteiger charge is -2.03. The summed E-state index contributed by atoms with van der Waals surface area (Å²) in [6.45, 7) is 5.91. The van der Waals surface area contributed by atoms with Crippen molar-refractivity contribution in [3.8, 4) is 0 Å². The minimum atomic E-state index is 0.672. The van der Waals surface area contributed by atoms with Crippen LogP contribution in [0.3, 0.4) is 0 Å². The standard InChI is InChI=1S/C11H16N2O/c1-2-14-10-9-12-8-6-11-5-3-4-7-13-11/h2-5,7,12H,1,6,8-10H2. The largest absolute Gasteiger partial charge is 0.500 e. The summed E-state index contributed by atoms with van der Waals surface area (Å²) in [5, 5.41) is 3.26. The van der Waals surface area contributed by atoms with E-state index < -0.39 is 0 Å². The zero-order valence-electron chi connectivity index (χ0n) is 8.28. The SMILES string of the molecule is C=COCCNCCc1ccccn1. The van der Waals surface area contributed by atoms with Crippen molar-refractivity contribution in [2.24, 2.45) is 0 Å². The molecule has 0 aromatic carbocycles. The maximum absolute atomic E-state index is 4.97. The van der Waals surface area contributed by atoms with Gasteiger partial charge in [0.05, 0.1) is 12.9 Å². The van der Waals surface area contributed by atoms with Crippen LogP contribution in [-0.4, -0.2) is 24.7 Å². The molecule has 0 aliphatic heterocycles. The second kappa shape index (κ2) is 7.09. The highest BCUT2D eigenvalue weighted by Crippen LogP contribution is 1.92. The Hall–Kier alpha value is -1.35. The molecule has 0 aliphatic rings. The van der Waals surface area contributed by atoms with Crippen LogP contribution in [0.1, 0.15) is 5.69 Å². The van der Waals surface area contributed by atoms with Crippen LogP contribution in [0.2, 0.25) is 0 Å². The predicted molar refractivity (Wildman–Crippen MR) is 57.0 cm³/mol. The van der Waals surface area contributed by atoms with E-state index in [0.717, 1.165) is 25.2 Å². The van der Waals surface area contributed by atoms with Gasteiger partial charge in [-0.3, -0.25) is 4.98 Å². The van der Waals surface area contributed by atoms with E-state index >= 15 is 0 Å². The van der Waals surface area contributed by atoms with E-state index in [1.807, 2.05) is 24.4 Å². The van der Waals surface area contributed by atoms with Gasteiger partial charge in [-0.1, -0.05) is 12.6 Å². The Balaban J connectivity index is 2.02. The zero-order valence-corrected chi connectivity index (χ0v) is 8.28. The van der Waals surface area contributed by atoms with Crippen LogP contribution in [0.5, 0.6) is 0 Å². The highest BCUT2D eigenvalue weighted by Gasteiger charge is 1.91. The van der Waals surface area contributed by atoms with Gasteiger partial charge >= 0.3 is 0 Å². The molecule has 0 amide bonds. The van der Waals surface area contributed by atoms with Crippen molar-refractivity contribution in [3.63, 3.8) is 0 Å². The molecule has 0 saturated heterocycles. The van der Waals surface area contributed by atoms with Crippen molar-refractivity contribution < 1.29 is 4.74 Å². The van der Waals surface area contributed by atoms with Crippen LogP contribution in [0.15, 0.2) is 37.2 Å². The molecule has 0 fully saturated rings. The van der Waals surface area contributed by atoms with Gasteiger partial charge in [0.2, 0.25) is 0 Å². The molecule has 0 radical (unpaired) electrons. The highest BCUT2D eigenvalue weighted by molar-refractivity contribution is 5.03. The van der Waals surface area contributed by atoms with E-state index in [1.54, 1.807) is 0 Å². The molecular formula is C11H16N2O. The molecule has 0 saturated carbocycles. The number of ether oxygens (including phenoxy) is 1. The quantitative estimate of drug-likeness (QED) is 0.523. The highest BCUT2D eigenvalue weighted by atomic mass is 16.5. The first kappa shape index (κ1) is 10.7. The zero-order chi connectivity index (χ0) is 10.1. The average molecular weight is 192 g/mol. The molecule has 0 spiro atoms. The number of rotatable bonds is 7. The molecule has 1 N–H and O–H groups in total. The molecule has 1 heterocycles. The van der Waals surface area contributed by atoms with E-state index in [-0.39, 0.29) is 0 Å². The fraction of sp³-hybridized carbons (Fsp3) is 0.364. The molecule has 0 aliphatic carbocycles. The Labute approximate surface area is 84.8 Å². The van der Waals surface area contributed by atoms with Gasteiger partial charge in [0, 0.05) is 31.4 Å². The summed E-state index contributed by atoms with van der Waals surface area (Å²) < 4.78 is 4.97. The molecule has 0 atom stereocenters. The fourth-order valence-corrected chi connectivity index (χ4v) is 1.10. The number of hydrogen-bond acceptors (Lipinski definition) is 3. The summed E-state index contributed by atoms with van der Waals surface area (Å²) in [6.07, 6.45) is 4.23. The first-order chi connectivity index (χ1) is 6.93. The van der Waals surface area contributed by atoms with Crippen molar-refractivity contribution in [2.75, 3.05) is 19.7 Å².